The van der Waals surface area contributed by atoms with Gasteiger partial charge in [-0.1, -0.05) is 13.8 Å². The van der Waals surface area contributed by atoms with Gasteiger partial charge in [0.1, 0.15) is 11.3 Å². The average molecular weight is 234 g/mol. The van der Waals surface area contributed by atoms with Crippen molar-refractivity contribution in [2.45, 2.75) is 19.8 Å². The summed E-state index contributed by atoms with van der Waals surface area (Å²) >= 11 is 0. The smallest absolute Gasteiger partial charge is 0.292 e. The molecule has 2 aliphatic rings. The van der Waals surface area contributed by atoms with Crippen molar-refractivity contribution >= 4 is 5.84 Å². The third-order valence-electron chi connectivity index (χ3n) is 4.39. The van der Waals surface area contributed by atoms with E-state index in [1.54, 1.807) is 13.8 Å². The molecule has 0 saturated heterocycles. The summed E-state index contributed by atoms with van der Waals surface area (Å²) in [6, 6.07) is 4.28. The number of hydrogen-bond acceptors (Lipinski definition) is 6. The Bertz CT molecular complexity index is 495. The Kier molecular flexibility index (Phi) is 1.94. The average Bonchev–Trinajstić information content (AvgIpc) is 2.65. The van der Waals surface area contributed by atoms with Crippen LogP contribution < -0.4 is 5.73 Å². The Morgan fingerprint density at radius 3 is 2.00 bits per heavy atom. The molecule has 0 bridgehead atoms. The predicted octanol–water partition coefficient (Wildman–Crippen LogP) is 0.364. The molecule has 1 aliphatic heterocycles. The van der Waals surface area contributed by atoms with Gasteiger partial charge in [0, 0.05) is 19.6 Å². The summed E-state index contributed by atoms with van der Waals surface area (Å²) in [5.74, 6) is -1.39. The molecule has 1 heterocycles. The van der Waals surface area contributed by atoms with Gasteiger partial charge in [0.25, 0.3) is 5.91 Å². The van der Waals surface area contributed by atoms with Crippen molar-refractivity contribution in [1.82, 2.24) is 0 Å². The highest BCUT2D eigenvalue weighted by Crippen LogP contribution is 2.84. The number of hydrogen-bond donors (Lipinski definition) is 1. The number of nitriles is 2. The number of nitrogens with two attached hydrogens (primary N) is 1. The molecule has 2 atom stereocenters. The van der Waals surface area contributed by atoms with Crippen molar-refractivity contribution < 1.29 is 9.47 Å². The summed E-state index contributed by atoms with van der Waals surface area (Å²) in [6.45, 7) is 3.60. The van der Waals surface area contributed by atoms with Gasteiger partial charge in [-0.2, -0.15) is 10.5 Å². The minimum Gasteiger partial charge on any atom is -0.386 e. The largest absolute Gasteiger partial charge is 0.386 e. The SMILES string of the molecule is COC1(OC)N=C(N)[C@@]2(C#N)C(C)(C)[C@]12C#N. The third-order valence-corrected chi connectivity index (χ3v) is 4.39. The van der Waals surface area contributed by atoms with Gasteiger partial charge in [-0.05, 0) is 0 Å². The van der Waals surface area contributed by atoms with Gasteiger partial charge in [-0.25, -0.2) is 4.99 Å². The highest BCUT2D eigenvalue weighted by molar-refractivity contribution is 5.99. The highest BCUT2D eigenvalue weighted by Gasteiger charge is 2.97. The van der Waals surface area contributed by atoms with Crippen LogP contribution in [0.25, 0.3) is 0 Å². The Morgan fingerprint density at radius 2 is 1.71 bits per heavy atom. The molecule has 1 aliphatic carbocycles. The maximum Gasteiger partial charge on any atom is 0.292 e. The van der Waals surface area contributed by atoms with Crippen LogP contribution in [0.4, 0.5) is 0 Å². The minimum absolute atomic E-state index is 0.107. The fourth-order valence-electron chi connectivity index (χ4n) is 3.40. The lowest BCUT2D eigenvalue weighted by Gasteiger charge is -2.30. The fourth-order valence-corrected chi connectivity index (χ4v) is 3.40. The molecule has 1 saturated carbocycles. The van der Waals surface area contributed by atoms with Gasteiger partial charge in [0.15, 0.2) is 5.41 Å². The second-order valence-electron chi connectivity index (χ2n) is 4.84. The molecule has 1 fully saturated rings. The van der Waals surface area contributed by atoms with Gasteiger partial charge in [-0.3, -0.25) is 0 Å². The Hall–Kier alpha value is -1.63. The van der Waals surface area contributed by atoms with E-state index >= 15 is 0 Å². The van der Waals surface area contributed by atoms with Crippen LogP contribution in [0.15, 0.2) is 4.99 Å². The van der Waals surface area contributed by atoms with Crippen LogP contribution in [0.1, 0.15) is 13.8 Å². The van der Waals surface area contributed by atoms with Crippen LogP contribution in [0, 0.1) is 38.9 Å². The predicted molar refractivity (Wildman–Crippen MR) is 58.2 cm³/mol. The summed E-state index contributed by atoms with van der Waals surface area (Å²) in [7, 11) is 2.78. The molecule has 6 heteroatoms. The fraction of sp³-hybridized carbons (Fsp3) is 0.727. The number of methoxy groups -OCH3 is 2. The van der Waals surface area contributed by atoms with E-state index in [2.05, 4.69) is 17.1 Å². The van der Waals surface area contributed by atoms with Crippen LogP contribution >= 0.6 is 0 Å². The van der Waals surface area contributed by atoms with E-state index in [0.717, 1.165) is 0 Å². The second-order valence-corrected chi connectivity index (χ2v) is 4.84. The van der Waals surface area contributed by atoms with Crippen molar-refractivity contribution in [3.8, 4) is 12.1 Å². The number of nitrogens with zero attached hydrogens (tertiary/aromatic N) is 3. The van der Waals surface area contributed by atoms with Crippen molar-refractivity contribution in [3.63, 3.8) is 0 Å². The lowest BCUT2D eigenvalue weighted by molar-refractivity contribution is -0.235. The second kappa shape index (κ2) is 2.79. The molecule has 2 rings (SSSR count). The molecule has 6 nitrogen and oxygen atoms in total. The number of amidine groups is 1. The van der Waals surface area contributed by atoms with Gasteiger partial charge in [0.05, 0.1) is 12.1 Å². The maximum atomic E-state index is 9.52. The molecule has 90 valence electrons. The summed E-state index contributed by atoms with van der Waals surface area (Å²) in [6.07, 6.45) is 0. The first-order chi connectivity index (χ1) is 7.87. The first kappa shape index (κ1) is 11.8. The summed E-state index contributed by atoms with van der Waals surface area (Å²) < 4.78 is 10.5. The molecule has 0 aromatic heterocycles. The zero-order chi connectivity index (χ0) is 13.1. The first-order valence-corrected chi connectivity index (χ1v) is 5.16. The zero-order valence-electron chi connectivity index (χ0n) is 10.2. The maximum absolute atomic E-state index is 9.52. The topological polar surface area (TPSA) is 104 Å². The van der Waals surface area contributed by atoms with Crippen molar-refractivity contribution in [3.05, 3.63) is 0 Å². The van der Waals surface area contributed by atoms with E-state index < -0.39 is 22.2 Å². The number of aliphatic imine (C=N–C) groups is 1. The lowest BCUT2D eigenvalue weighted by atomic mass is 9.93. The van der Waals surface area contributed by atoms with Gasteiger partial charge < -0.3 is 15.2 Å². The van der Waals surface area contributed by atoms with Crippen LogP contribution in [0.2, 0.25) is 0 Å². The third kappa shape index (κ3) is 0.717. The van der Waals surface area contributed by atoms with Crippen molar-refractivity contribution in [2.75, 3.05) is 14.2 Å². The number of ether oxygens (including phenoxy) is 2. The van der Waals surface area contributed by atoms with E-state index in [4.69, 9.17) is 15.2 Å². The van der Waals surface area contributed by atoms with E-state index in [9.17, 15) is 10.5 Å². The Balaban J connectivity index is 2.76. The molecule has 0 aromatic rings. The van der Waals surface area contributed by atoms with E-state index in [1.165, 1.54) is 14.2 Å². The molecule has 0 unspecified atom stereocenters. The number of rotatable bonds is 2. The van der Waals surface area contributed by atoms with Gasteiger partial charge >= 0.3 is 0 Å². The first-order valence-electron chi connectivity index (χ1n) is 5.16. The van der Waals surface area contributed by atoms with Crippen LogP contribution in [-0.2, 0) is 9.47 Å². The molecule has 2 N–H and O–H groups in total. The van der Waals surface area contributed by atoms with Crippen molar-refractivity contribution in [2.24, 2.45) is 27.0 Å². The van der Waals surface area contributed by atoms with Gasteiger partial charge in [-0.15, -0.1) is 0 Å². The quantitative estimate of drug-likeness (QED) is 0.695. The lowest BCUT2D eigenvalue weighted by Crippen LogP contribution is -2.43. The summed E-state index contributed by atoms with van der Waals surface area (Å²) in [5.41, 5.74) is 2.84. The standard InChI is InChI=1S/C11H14N4O2/c1-8(2)9(5-12)7(14)15-11(16-3,17-4)10(8,9)6-13/h1-4H3,(H2,14,15)/t9-,10-/m0/s1. The molecule has 0 aromatic carbocycles. The highest BCUT2D eigenvalue weighted by atomic mass is 16.7. The van der Waals surface area contributed by atoms with Crippen molar-refractivity contribution in [1.29, 1.82) is 10.5 Å². The molecule has 0 amide bonds. The molecule has 0 radical (unpaired) electrons. The van der Waals surface area contributed by atoms with E-state index in [1.807, 2.05) is 0 Å². The Morgan fingerprint density at radius 1 is 1.18 bits per heavy atom. The monoisotopic (exact) mass is 234 g/mol. The van der Waals surface area contributed by atoms with Crippen LogP contribution in [0.3, 0.4) is 0 Å². The van der Waals surface area contributed by atoms with Crippen LogP contribution in [0.5, 0.6) is 0 Å². The Labute approximate surface area is 99.6 Å². The molecule has 0 spiro atoms. The normalized spacial score (nSPS) is 39.8. The molecular formula is C11H14N4O2. The summed E-state index contributed by atoms with van der Waals surface area (Å²) in [5, 5.41) is 18.9. The van der Waals surface area contributed by atoms with E-state index in [-0.39, 0.29) is 5.84 Å². The molecular weight excluding hydrogens is 220 g/mol. The van der Waals surface area contributed by atoms with Gasteiger partial charge in [0.2, 0.25) is 0 Å². The van der Waals surface area contributed by atoms with E-state index in [0.29, 0.717) is 0 Å². The minimum atomic E-state index is -1.49. The molecule has 17 heavy (non-hydrogen) atoms. The zero-order valence-corrected chi connectivity index (χ0v) is 10.2. The summed E-state index contributed by atoms with van der Waals surface area (Å²) in [4.78, 5) is 4.07. The van der Waals surface area contributed by atoms with Crippen LogP contribution in [-0.4, -0.2) is 26.0 Å². The number of fused-ring (bicyclic) bond motifs is 1.